The molecule has 1 aromatic carbocycles. The van der Waals surface area contributed by atoms with E-state index in [1.54, 1.807) is 38.2 Å². The van der Waals surface area contributed by atoms with Crippen LogP contribution in [0, 0.1) is 0 Å². The van der Waals surface area contributed by atoms with Crippen LogP contribution in [0.25, 0.3) is 0 Å². The smallest absolute Gasteiger partial charge is 0.223 e. The van der Waals surface area contributed by atoms with E-state index in [0.29, 0.717) is 18.7 Å². The van der Waals surface area contributed by atoms with E-state index in [0.717, 1.165) is 11.4 Å². The molecule has 0 aromatic heterocycles. The number of nitrogens with zero attached hydrogens (tertiary/aromatic N) is 1. The van der Waals surface area contributed by atoms with Crippen LogP contribution in [-0.2, 0) is 4.79 Å². The summed E-state index contributed by atoms with van der Waals surface area (Å²) in [7, 11) is 5.08. The van der Waals surface area contributed by atoms with Crippen molar-refractivity contribution in [3.8, 4) is 5.75 Å². The Morgan fingerprint density at radius 2 is 2.18 bits per heavy atom. The SMILES string of the molecule is COc1ccc(N)c(NCCC(=O)N(C)C)c1. The summed E-state index contributed by atoms with van der Waals surface area (Å²) >= 11 is 0. The van der Waals surface area contributed by atoms with Gasteiger partial charge in [-0.05, 0) is 12.1 Å². The molecule has 5 heteroatoms. The number of nitrogen functional groups attached to an aromatic ring is 1. The topological polar surface area (TPSA) is 67.6 Å². The van der Waals surface area contributed by atoms with Crippen LogP contribution in [0.15, 0.2) is 18.2 Å². The largest absolute Gasteiger partial charge is 0.497 e. The van der Waals surface area contributed by atoms with Gasteiger partial charge in [-0.3, -0.25) is 4.79 Å². The van der Waals surface area contributed by atoms with E-state index in [1.807, 2.05) is 6.07 Å². The lowest BCUT2D eigenvalue weighted by molar-refractivity contribution is -0.128. The Morgan fingerprint density at radius 3 is 2.76 bits per heavy atom. The molecule has 17 heavy (non-hydrogen) atoms. The van der Waals surface area contributed by atoms with E-state index in [9.17, 15) is 4.79 Å². The van der Waals surface area contributed by atoms with Gasteiger partial charge in [-0.15, -0.1) is 0 Å². The number of anilines is 2. The number of nitrogens with two attached hydrogens (primary N) is 1. The highest BCUT2D eigenvalue weighted by atomic mass is 16.5. The van der Waals surface area contributed by atoms with Gasteiger partial charge in [0.1, 0.15) is 5.75 Å². The molecular formula is C12H19N3O2. The normalized spacial score (nSPS) is 9.82. The summed E-state index contributed by atoms with van der Waals surface area (Å²) < 4.78 is 5.10. The van der Waals surface area contributed by atoms with E-state index in [2.05, 4.69) is 5.32 Å². The van der Waals surface area contributed by atoms with Gasteiger partial charge >= 0.3 is 0 Å². The number of hydrogen-bond donors (Lipinski definition) is 2. The highest BCUT2D eigenvalue weighted by molar-refractivity contribution is 5.76. The van der Waals surface area contributed by atoms with E-state index < -0.39 is 0 Å². The fraction of sp³-hybridized carbons (Fsp3) is 0.417. The van der Waals surface area contributed by atoms with E-state index >= 15 is 0 Å². The van der Waals surface area contributed by atoms with E-state index in [1.165, 1.54) is 0 Å². The quantitative estimate of drug-likeness (QED) is 0.754. The zero-order valence-corrected chi connectivity index (χ0v) is 10.5. The summed E-state index contributed by atoms with van der Waals surface area (Å²) in [6.45, 7) is 0.550. The molecule has 0 spiro atoms. The lowest BCUT2D eigenvalue weighted by atomic mass is 10.2. The monoisotopic (exact) mass is 237 g/mol. The fourth-order valence-electron chi connectivity index (χ4n) is 1.34. The van der Waals surface area contributed by atoms with Crippen LogP contribution in [0.4, 0.5) is 11.4 Å². The number of carbonyl (C=O) groups excluding carboxylic acids is 1. The van der Waals surface area contributed by atoms with Gasteiger partial charge in [0.25, 0.3) is 0 Å². The number of methoxy groups -OCH3 is 1. The highest BCUT2D eigenvalue weighted by Crippen LogP contribution is 2.24. The Morgan fingerprint density at radius 1 is 1.47 bits per heavy atom. The van der Waals surface area contributed by atoms with Crippen molar-refractivity contribution in [1.29, 1.82) is 0 Å². The van der Waals surface area contributed by atoms with Crippen molar-refractivity contribution in [2.75, 3.05) is 38.8 Å². The number of amides is 1. The summed E-state index contributed by atoms with van der Waals surface area (Å²) in [5.41, 5.74) is 7.24. The van der Waals surface area contributed by atoms with Crippen molar-refractivity contribution in [2.24, 2.45) is 0 Å². The molecule has 0 bridgehead atoms. The molecule has 0 heterocycles. The number of benzene rings is 1. The van der Waals surface area contributed by atoms with E-state index in [-0.39, 0.29) is 5.91 Å². The van der Waals surface area contributed by atoms with Gasteiger partial charge in [0.2, 0.25) is 5.91 Å². The van der Waals surface area contributed by atoms with Crippen molar-refractivity contribution in [1.82, 2.24) is 4.90 Å². The number of nitrogens with one attached hydrogen (secondary N) is 1. The van der Waals surface area contributed by atoms with Crippen LogP contribution < -0.4 is 15.8 Å². The average molecular weight is 237 g/mol. The second-order valence-electron chi connectivity index (χ2n) is 3.92. The van der Waals surface area contributed by atoms with Gasteiger partial charge in [0.05, 0.1) is 18.5 Å². The van der Waals surface area contributed by atoms with Crippen LogP contribution in [0.1, 0.15) is 6.42 Å². The van der Waals surface area contributed by atoms with Gasteiger partial charge < -0.3 is 20.7 Å². The van der Waals surface area contributed by atoms with Crippen LogP contribution in [0.2, 0.25) is 0 Å². The highest BCUT2D eigenvalue weighted by Gasteiger charge is 2.05. The Kier molecular flexibility index (Phi) is 4.63. The molecule has 1 aromatic rings. The van der Waals surface area contributed by atoms with E-state index in [4.69, 9.17) is 10.5 Å². The molecule has 0 aliphatic rings. The second kappa shape index (κ2) is 5.98. The molecule has 0 radical (unpaired) electrons. The molecule has 0 saturated heterocycles. The van der Waals surface area contributed by atoms with Crippen LogP contribution in [-0.4, -0.2) is 38.6 Å². The molecule has 5 nitrogen and oxygen atoms in total. The van der Waals surface area contributed by atoms with Crippen molar-refractivity contribution in [3.63, 3.8) is 0 Å². The molecule has 0 fully saturated rings. The minimum absolute atomic E-state index is 0.0824. The van der Waals surface area contributed by atoms with Crippen molar-refractivity contribution < 1.29 is 9.53 Å². The molecule has 3 N–H and O–H groups in total. The van der Waals surface area contributed by atoms with Crippen LogP contribution >= 0.6 is 0 Å². The summed E-state index contributed by atoms with van der Waals surface area (Å²) in [5.74, 6) is 0.819. The molecule has 0 atom stereocenters. The molecular weight excluding hydrogens is 218 g/mol. The molecule has 0 unspecified atom stereocenters. The van der Waals surface area contributed by atoms with Crippen LogP contribution in [0.5, 0.6) is 5.75 Å². The first-order valence-corrected chi connectivity index (χ1v) is 5.42. The molecule has 0 saturated carbocycles. The zero-order chi connectivity index (χ0) is 12.8. The molecule has 1 amide bonds. The summed E-state index contributed by atoms with van der Waals surface area (Å²) in [6.07, 6.45) is 0.434. The summed E-state index contributed by atoms with van der Waals surface area (Å²) in [4.78, 5) is 12.9. The lowest BCUT2D eigenvalue weighted by Crippen LogP contribution is -2.24. The summed E-state index contributed by atoms with van der Waals surface area (Å²) in [6, 6.07) is 5.38. The third kappa shape index (κ3) is 3.86. The Balaban J connectivity index is 2.54. The van der Waals surface area contributed by atoms with Crippen molar-refractivity contribution in [2.45, 2.75) is 6.42 Å². The van der Waals surface area contributed by atoms with Gasteiger partial charge in [0, 0.05) is 33.1 Å². The van der Waals surface area contributed by atoms with Gasteiger partial charge in [0.15, 0.2) is 0 Å². The number of ether oxygens (including phenoxy) is 1. The Hall–Kier alpha value is -1.91. The minimum Gasteiger partial charge on any atom is -0.497 e. The predicted molar refractivity (Wildman–Crippen MR) is 69.2 cm³/mol. The maximum Gasteiger partial charge on any atom is 0.223 e. The molecule has 1 rings (SSSR count). The van der Waals surface area contributed by atoms with Crippen LogP contribution in [0.3, 0.4) is 0 Å². The van der Waals surface area contributed by atoms with Crippen molar-refractivity contribution in [3.05, 3.63) is 18.2 Å². The maximum absolute atomic E-state index is 11.4. The molecule has 0 aliphatic heterocycles. The Labute approximate surface area is 102 Å². The maximum atomic E-state index is 11.4. The van der Waals surface area contributed by atoms with Gasteiger partial charge in [-0.25, -0.2) is 0 Å². The fourth-order valence-corrected chi connectivity index (χ4v) is 1.34. The molecule has 94 valence electrons. The third-order valence-electron chi connectivity index (χ3n) is 2.41. The number of hydrogen-bond acceptors (Lipinski definition) is 4. The summed E-state index contributed by atoms with van der Waals surface area (Å²) in [5, 5.41) is 3.12. The first kappa shape index (κ1) is 13.2. The number of rotatable bonds is 5. The molecule has 0 aliphatic carbocycles. The standard InChI is InChI=1S/C12H19N3O2/c1-15(2)12(16)6-7-14-11-8-9(17-3)4-5-10(11)13/h4-5,8,14H,6-7,13H2,1-3H3. The minimum atomic E-state index is 0.0824. The Bertz CT molecular complexity index is 391. The predicted octanol–water partition coefficient (Wildman–Crippen LogP) is 1.17. The third-order valence-corrected chi connectivity index (χ3v) is 2.41. The van der Waals surface area contributed by atoms with Gasteiger partial charge in [-0.1, -0.05) is 0 Å². The zero-order valence-electron chi connectivity index (χ0n) is 10.5. The lowest BCUT2D eigenvalue weighted by Gasteiger charge is -2.13. The second-order valence-corrected chi connectivity index (χ2v) is 3.92. The van der Waals surface area contributed by atoms with Gasteiger partial charge in [-0.2, -0.15) is 0 Å². The first-order valence-electron chi connectivity index (χ1n) is 5.42. The van der Waals surface area contributed by atoms with Crippen molar-refractivity contribution >= 4 is 17.3 Å². The number of carbonyl (C=O) groups is 1. The first-order chi connectivity index (χ1) is 8.04. The average Bonchev–Trinajstić information content (AvgIpc) is 2.31.